The SMILES string of the molecule is C=CCOCCOCCOCCOCCOCCOCCOCC(COC1COC(C)(C(=O)O)OC1)O[C@@H]1OC(CO)[C@@H](O[C@@H]2OC(CO)[C@H](O[C@H]3OC(CO)[C@H](O)C(O)C3O)C(O)C2O)C(O)C1O. The summed E-state index contributed by atoms with van der Waals surface area (Å²) in [5, 5.41) is 115. The van der Waals surface area contributed by atoms with E-state index in [4.69, 9.17) is 75.8 Å². The van der Waals surface area contributed by atoms with Crippen LogP contribution in [0.25, 0.3) is 0 Å². The highest BCUT2D eigenvalue weighted by Gasteiger charge is 2.54. The number of hydrogen-bond donors (Lipinski definition) is 11. The number of rotatable bonds is 35. The summed E-state index contributed by atoms with van der Waals surface area (Å²) in [4.78, 5) is 11.5. The highest BCUT2D eigenvalue weighted by molar-refractivity contribution is 5.75. The van der Waals surface area contributed by atoms with Crippen LogP contribution in [0.3, 0.4) is 0 Å². The second kappa shape index (κ2) is 32.5. The summed E-state index contributed by atoms with van der Waals surface area (Å²) in [6.45, 7) is 6.08. The molecule has 0 saturated carbocycles. The minimum atomic E-state index is -2.02. The van der Waals surface area contributed by atoms with Crippen LogP contribution in [0.4, 0.5) is 0 Å². The normalized spacial score (nSPS) is 36.5. The highest BCUT2D eigenvalue weighted by Crippen LogP contribution is 2.33. The third-order valence-corrected chi connectivity index (χ3v) is 11.2. The maximum absolute atomic E-state index is 11.5. The van der Waals surface area contributed by atoms with Gasteiger partial charge in [-0.2, -0.15) is 0 Å². The van der Waals surface area contributed by atoms with Gasteiger partial charge in [-0.15, -0.1) is 6.58 Å². The molecule has 4 heterocycles. The van der Waals surface area contributed by atoms with E-state index in [2.05, 4.69) is 6.58 Å². The Morgan fingerprint density at radius 3 is 1.40 bits per heavy atom. The van der Waals surface area contributed by atoms with Crippen LogP contribution in [0.1, 0.15) is 6.92 Å². The van der Waals surface area contributed by atoms with E-state index in [1.165, 1.54) is 6.92 Å². The van der Waals surface area contributed by atoms with Gasteiger partial charge in [0, 0.05) is 6.92 Å². The number of aliphatic hydroxyl groups excluding tert-OH is 10. The molecule has 16 atom stereocenters. The largest absolute Gasteiger partial charge is 0.477 e. The molecule has 0 spiro atoms. The number of carboxylic acids is 1. The van der Waals surface area contributed by atoms with Crippen LogP contribution in [0.2, 0.25) is 0 Å². The Balaban J connectivity index is 1.22. The molecule has 0 amide bonds. The van der Waals surface area contributed by atoms with Gasteiger partial charge in [-0.3, -0.25) is 0 Å². The molecule has 0 aliphatic carbocycles. The summed E-state index contributed by atoms with van der Waals surface area (Å²) in [6.07, 6.45) is -26.4. The average molecular weight is 1030 g/mol. The first-order chi connectivity index (χ1) is 33.7. The van der Waals surface area contributed by atoms with Crippen LogP contribution in [0.5, 0.6) is 0 Å². The first-order valence-corrected chi connectivity index (χ1v) is 23.0. The lowest BCUT2D eigenvalue weighted by Crippen LogP contribution is -2.66. The molecular formula is C42H74O28. The van der Waals surface area contributed by atoms with Gasteiger partial charge >= 0.3 is 5.97 Å². The van der Waals surface area contributed by atoms with Crippen molar-refractivity contribution in [1.29, 1.82) is 0 Å². The average Bonchev–Trinajstić information content (AvgIpc) is 3.35. The van der Waals surface area contributed by atoms with E-state index in [-0.39, 0.29) is 52.9 Å². The van der Waals surface area contributed by atoms with E-state index in [0.717, 1.165) is 0 Å². The Bertz CT molecular complexity index is 1410. The van der Waals surface area contributed by atoms with Crippen LogP contribution in [-0.4, -0.2) is 304 Å². The Morgan fingerprint density at radius 2 is 0.957 bits per heavy atom. The van der Waals surface area contributed by atoms with Gasteiger partial charge in [0.05, 0.1) is 132 Å². The van der Waals surface area contributed by atoms with Crippen LogP contribution in [0.15, 0.2) is 12.7 Å². The number of aliphatic carboxylic acids is 1. The molecule has 0 aromatic heterocycles. The molecule has 28 heteroatoms. The second-order valence-electron chi connectivity index (χ2n) is 16.4. The zero-order valence-electron chi connectivity index (χ0n) is 39.1. The zero-order valence-corrected chi connectivity index (χ0v) is 39.1. The van der Waals surface area contributed by atoms with Gasteiger partial charge in [-0.05, 0) is 0 Å². The van der Waals surface area contributed by atoms with Crippen LogP contribution < -0.4 is 0 Å². The maximum atomic E-state index is 11.5. The lowest BCUT2D eigenvalue weighted by molar-refractivity contribution is -0.381. The van der Waals surface area contributed by atoms with Gasteiger partial charge in [0.2, 0.25) is 0 Å². The van der Waals surface area contributed by atoms with Crippen LogP contribution >= 0.6 is 0 Å². The Hall–Kier alpha value is -1.83. The first-order valence-electron chi connectivity index (χ1n) is 23.0. The fourth-order valence-corrected chi connectivity index (χ4v) is 7.13. The molecule has 28 nitrogen and oxygen atoms in total. The molecular weight excluding hydrogens is 952 g/mol. The summed E-state index contributed by atoms with van der Waals surface area (Å²) < 4.78 is 88.9. The molecule has 10 unspecified atom stereocenters. The van der Waals surface area contributed by atoms with E-state index in [0.29, 0.717) is 59.5 Å². The van der Waals surface area contributed by atoms with Gasteiger partial charge in [0.25, 0.3) is 5.79 Å². The van der Waals surface area contributed by atoms with Crippen molar-refractivity contribution in [1.82, 2.24) is 0 Å². The molecule has 0 bridgehead atoms. The van der Waals surface area contributed by atoms with Crippen molar-refractivity contribution in [2.45, 2.75) is 117 Å². The van der Waals surface area contributed by atoms with E-state index < -0.39 is 136 Å². The van der Waals surface area contributed by atoms with E-state index >= 15 is 0 Å². The predicted octanol–water partition coefficient (Wildman–Crippen LogP) is -6.65. The molecule has 4 saturated heterocycles. The molecule has 11 N–H and O–H groups in total. The number of aliphatic hydroxyl groups is 10. The summed E-state index contributed by atoms with van der Waals surface area (Å²) in [5.74, 6) is -3.21. The summed E-state index contributed by atoms with van der Waals surface area (Å²) in [6, 6.07) is 0. The number of carboxylic acid groups (broad SMARTS) is 1. The summed E-state index contributed by atoms with van der Waals surface area (Å²) in [7, 11) is 0. The van der Waals surface area contributed by atoms with Crippen molar-refractivity contribution in [3.63, 3.8) is 0 Å². The molecule has 410 valence electrons. The standard InChI is InChI=1S/C42H74O28/c1-3-4-55-5-6-56-7-8-57-9-10-58-11-12-59-13-14-60-15-16-61-20-25(21-62-24-22-63-42(2,41(53)54)64-23-24)65-38-34(51)31(48)36(27(18-44)67-38)70-40-35(52)32(49)37(28(19-45)68-40)69-39-33(50)30(47)29(46)26(17-43)66-39/h3,24-40,43-52H,1,4-23H2,2H3,(H,53,54)/t24?,25?,26?,27?,28?,29-,30?,31?,32?,33?,34?,35?,36+,37-,38+,39+,40-,42?/m0/s1. The van der Waals surface area contributed by atoms with Gasteiger partial charge in [0.15, 0.2) is 18.9 Å². The molecule has 70 heavy (non-hydrogen) atoms. The maximum Gasteiger partial charge on any atom is 0.364 e. The van der Waals surface area contributed by atoms with Gasteiger partial charge in [0.1, 0.15) is 85.5 Å². The smallest absolute Gasteiger partial charge is 0.364 e. The minimum absolute atomic E-state index is 0.0639. The lowest BCUT2D eigenvalue weighted by Gasteiger charge is -2.48. The van der Waals surface area contributed by atoms with Gasteiger partial charge in [-0.1, -0.05) is 6.08 Å². The van der Waals surface area contributed by atoms with Crippen molar-refractivity contribution in [3.8, 4) is 0 Å². The monoisotopic (exact) mass is 1030 g/mol. The minimum Gasteiger partial charge on any atom is -0.477 e. The number of hydrogen-bond acceptors (Lipinski definition) is 27. The Morgan fingerprint density at radius 1 is 0.557 bits per heavy atom. The first kappa shape index (κ1) is 60.7. The molecule has 4 aliphatic rings. The second-order valence-corrected chi connectivity index (χ2v) is 16.4. The van der Waals surface area contributed by atoms with Crippen molar-refractivity contribution < 1.29 is 137 Å². The van der Waals surface area contributed by atoms with Crippen LogP contribution in [-0.2, 0) is 80.6 Å². The van der Waals surface area contributed by atoms with Crippen molar-refractivity contribution in [3.05, 3.63) is 12.7 Å². The lowest BCUT2D eigenvalue weighted by atomic mass is 9.96. The number of ether oxygens (including phenoxy) is 16. The number of carbonyl (C=O) groups is 1. The predicted molar refractivity (Wildman–Crippen MR) is 228 cm³/mol. The third kappa shape index (κ3) is 18.8. The molecule has 0 radical (unpaired) electrons. The van der Waals surface area contributed by atoms with Crippen LogP contribution in [0, 0.1) is 0 Å². The van der Waals surface area contributed by atoms with Crippen molar-refractivity contribution in [2.75, 3.05) is 132 Å². The molecule has 0 aromatic carbocycles. The van der Waals surface area contributed by atoms with Crippen molar-refractivity contribution >= 4 is 5.97 Å². The molecule has 4 fully saturated rings. The Kier molecular flexibility index (Phi) is 28.2. The quantitative estimate of drug-likeness (QED) is 0.0208. The fourth-order valence-electron chi connectivity index (χ4n) is 7.13. The van der Waals surface area contributed by atoms with Gasteiger partial charge < -0.3 is 132 Å². The highest BCUT2D eigenvalue weighted by atomic mass is 16.8. The van der Waals surface area contributed by atoms with E-state index in [9.17, 15) is 61.0 Å². The molecule has 4 rings (SSSR count). The Labute approximate surface area is 404 Å². The summed E-state index contributed by atoms with van der Waals surface area (Å²) in [5.41, 5.74) is 0. The third-order valence-electron chi connectivity index (χ3n) is 11.2. The van der Waals surface area contributed by atoms with Crippen molar-refractivity contribution in [2.24, 2.45) is 0 Å². The molecule has 0 aromatic rings. The molecule has 4 aliphatic heterocycles. The fraction of sp³-hybridized carbons (Fsp3) is 0.929. The van der Waals surface area contributed by atoms with E-state index in [1.807, 2.05) is 0 Å². The zero-order chi connectivity index (χ0) is 51.1. The van der Waals surface area contributed by atoms with Gasteiger partial charge in [-0.25, -0.2) is 4.79 Å². The topological polar surface area (TPSA) is 387 Å². The van der Waals surface area contributed by atoms with E-state index in [1.54, 1.807) is 6.08 Å². The summed E-state index contributed by atoms with van der Waals surface area (Å²) >= 11 is 0.